The molecule has 178 valence electrons. The van der Waals surface area contributed by atoms with Gasteiger partial charge in [-0.25, -0.2) is 9.37 Å². The molecule has 1 aliphatic heterocycles. The van der Waals surface area contributed by atoms with Crippen molar-refractivity contribution in [1.82, 2.24) is 9.88 Å². The molecule has 1 N–H and O–H groups in total. The van der Waals surface area contributed by atoms with Gasteiger partial charge in [0.1, 0.15) is 23.9 Å². The van der Waals surface area contributed by atoms with Gasteiger partial charge in [0.25, 0.3) is 0 Å². The zero-order chi connectivity index (χ0) is 24.0. The Labute approximate surface area is 205 Å². The summed E-state index contributed by atoms with van der Waals surface area (Å²) in [4.78, 5) is 7.43. The van der Waals surface area contributed by atoms with E-state index in [1.54, 1.807) is 24.3 Å². The number of pyridine rings is 1. The third-order valence-electron chi connectivity index (χ3n) is 6.47. The first-order valence-electron chi connectivity index (χ1n) is 12.2. The number of benzene rings is 3. The maximum absolute atomic E-state index is 13.4. The maximum Gasteiger partial charge on any atom is 0.123 e. The molecule has 0 amide bonds. The van der Waals surface area contributed by atoms with Crippen molar-refractivity contribution in [3.63, 3.8) is 0 Å². The van der Waals surface area contributed by atoms with Crippen LogP contribution in [0.25, 0.3) is 33.6 Å². The number of aromatic nitrogens is 1. The van der Waals surface area contributed by atoms with E-state index < -0.39 is 0 Å². The molecule has 35 heavy (non-hydrogen) atoms. The van der Waals surface area contributed by atoms with Crippen LogP contribution in [0.3, 0.4) is 0 Å². The van der Waals surface area contributed by atoms with Crippen LogP contribution in [-0.2, 0) is 0 Å². The molecule has 4 aromatic rings. The lowest BCUT2D eigenvalue weighted by Gasteiger charge is -2.26. The molecular formula is C30H29FN2O2. The van der Waals surface area contributed by atoms with Crippen LogP contribution in [-0.4, -0.2) is 41.2 Å². The Kier molecular flexibility index (Phi) is 7.05. The maximum atomic E-state index is 13.4. The van der Waals surface area contributed by atoms with Crippen molar-refractivity contribution in [1.29, 1.82) is 0 Å². The average molecular weight is 469 g/mol. The van der Waals surface area contributed by atoms with Crippen LogP contribution in [0, 0.1) is 5.82 Å². The fraction of sp³-hybridized carbons (Fsp3) is 0.233. The van der Waals surface area contributed by atoms with Crippen molar-refractivity contribution >= 4 is 0 Å². The summed E-state index contributed by atoms with van der Waals surface area (Å²) in [6.45, 7) is 3.96. The number of hydrogen-bond donors (Lipinski definition) is 1. The number of hydrogen-bond acceptors (Lipinski definition) is 4. The molecular weight excluding hydrogens is 439 g/mol. The van der Waals surface area contributed by atoms with Gasteiger partial charge in [-0.15, -0.1) is 0 Å². The molecule has 3 aromatic carbocycles. The summed E-state index contributed by atoms with van der Waals surface area (Å²) in [6, 6.07) is 25.5. The molecule has 0 saturated carbocycles. The lowest BCUT2D eigenvalue weighted by Crippen LogP contribution is -2.33. The molecule has 0 bridgehead atoms. The van der Waals surface area contributed by atoms with Gasteiger partial charge in [-0.2, -0.15) is 0 Å². The van der Waals surface area contributed by atoms with E-state index in [9.17, 15) is 9.50 Å². The van der Waals surface area contributed by atoms with Crippen molar-refractivity contribution in [2.24, 2.45) is 0 Å². The molecule has 1 aromatic heterocycles. The summed E-state index contributed by atoms with van der Waals surface area (Å²) in [5, 5.41) is 9.73. The molecule has 0 spiro atoms. The normalized spacial score (nSPS) is 14.1. The smallest absolute Gasteiger partial charge is 0.123 e. The molecule has 0 unspecified atom stereocenters. The number of halogens is 1. The summed E-state index contributed by atoms with van der Waals surface area (Å²) >= 11 is 0. The summed E-state index contributed by atoms with van der Waals surface area (Å²) in [5.41, 5.74) is 5.30. The summed E-state index contributed by atoms with van der Waals surface area (Å²) in [7, 11) is 0. The number of piperidine rings is 1. The van der Waals surface area contributed by atoms with E-state index in [1.807, 2.05) is 48.5 Å². The van der Waals surface area contributed by atoms with Crippen LogP contribution < -0.4 is 4.74 Å². The van der Waals surface area contributed by atoms with Crippen LogP contribution in [0.5, 0.6) is 11.5 Å². The van der Waals surface area contributed by atoms with Gasteiger partial charge in [0.05, 0.1) is 11.4 Å². The topological polar surface area (TPSA) is 45.6 Å². The molecule has 1 saturated heterocycles. The zero-order valence-corrected chi connectivity index (χ0v) is 19.7. The Morgan fingerprint density at radius 1 is 0.743 bits per heavy atom. The first kappa shape index (κ1) is 23.1. The number of phenolic OH excluding ortho intramolecular Hbond substituents is 1. The molecule has 4 nitrogen and oxygen atoms in total. The Balaban J connectivity index is 1.41. The molecule has 2 heterocycles. The predicted molar refractivity (Wildman–Crippen MR) is 138 cm³/mol. The average Bonchev–Trinajstić information content (AvgIpc) is 2.90. The van der Waals surface area contributed by atoms with E-state index in [-0.39, 0.29) is 11.6 Å². The van der Waals surface area contributed by atoms with Gasteiger partial charge in [0, 0.05) is 23.2 Å². The van der Waals surface area contributed by atoms with E-state index in [0.29, 0.717) is 6.61 Å². The lowest BCUT2D eigenvalue weighted by molar-refractivity contribution is 0.183. The fourth-order valence-corrected chi connectivity index (χ4v) is 4.52. The molecule has 0 atom stereocenters. The molecule has 5 rings (SSSR count). The van der Waals surface area contributed by atoms with Crippen LogP contribution in [0.15, 0.2) is 84.9 Å². The Hall–Kier alpha value is -3.70. The standard InChI is InChI=1S/C30H29FN2O2/c31-25-10-4-23(5-11-25)29-17-16-28(22-6-12-26(34)13-7-22)30(32-29)24-8-14-27(15-9-24)35-21-20-33-18-2-1-3-19-33/h4-17,34H,1-3,18-21H2. The Morgan fingerprint density at radius 2 is 1.40 bits per heavy atom. The number of rotatable bonds is 7. The van der Waals surface area contributed by atoms with E-state index >= 15 is 0 Å². The molecule has 1 aliphatic rings. The van der Waals surface area contributed by atoms with Gasteiger partial charge >= 0.3 is 0 Å². The third kappa shape index (κ3) is 5.69. The van der Waals surface area contributed by atoms with E-state index in [0.717, 1.165) is 45.9 Å². The SMILES string of the molecule is Oc1ccc(-c2ccc(-c3ccc(F)cc3)nc2-c2ccc(OCCN3CCCCC3)cc2)cc1. The summed E-state index contributed by atoms with van der Waals surface area (Å²) < 4.78 is 19.4. The minimum Gasteiger partial charge on any atom is -0.508 e. The second kappa shape index (κ2) is 10.7. The molecule has 5 heteroatoms. The minimum atomic E-state index is -0.273. The number of ether oxygens (including phenoxy) is 1. The van der Waals surface area contributed by atoms with Gasteiger partial charge in [0.2, 0.25) is 0 Å². The number of nitrogens with zero attached hydrogens (tertiary/aromatic N) is 2. The van der Waals surface area contributed by atoms with Gasteiger partial charge in [-0.3, -0.25) is 4.90 Å². The van der Waals surface area contributed by atoms with Crippen molar-refractivity contribution in [2.75, 3.05) is 26.2 Å². The number of likely N-dealkylation sites (tertiary alicyclic amines) is 1. The van der Waals surface area contributed by atoms with E-state index in [2.05, 4.69) is 4.90 Å². The van der Waals surface area contributed by atoms with Crippen LogP contribution in [0.1, 0.15) is 19.3 Å². The quantitative estimate of drug-likeness (QED) is 0.324. The second-order valence-electron chi connectivity index (χ2n) is 8.92. The van der Waals surface area contributed by atoms with Gasteiger partial charge < -0.3 is 9.84 Å². The van der Waals surface area contributed by atoms with Crippen molar-refractivity contribution in [3.8, 4) is 45.1 Å². The predicted octanol–water partition coefficient (Wildman–Crippen LogP) is 6.79. The largest absolute Gasteiger partial charge is 0.508 e. The van der Waals surface area contributed by atoms with Crippen LogP contribution >= 0.6 is 0 Å². The Bertz CT molecular complexity index is 1250. The summed E-state index contributed by atoms with van der Waals surface area (Å²) in [6.07, 6.45) is 3.89. The second-order valence-corrected chi connectivity index (χ2v) is 8.92. The summed E-state index contributed by atoms with van der Waals surface area (Å²) in [5.74, 6) is 0.787. The highest BCUT2D eigenvalue weighted by molar-refractivity contribution is 5.83. The third-order valence-corrected chi connectivity index (χ3v) is 6.47. The molecule has 0 radical (unpaired) electrons. The molecule has 0 aliphatic carbocycles. The highest BCUT2D eigenvalue weighted by Crippen LogP contribution is 2.34. The number of phenols is 1. The van der Waals surface area contributed by atoms with Gasteiger partial charge in [-0.05, 0) is 98.2 Å². The highest BCUT2D eigenvalue weighted by atomic mass is 19.1. The lowest BCUT2D eigenvalue weighted by atomic mass is 9.97. The molecule has 1 fully saturated rings. The van der Waals surface area contributed by atoms with Gasteiger partial charge in [0.15, 0.2) is 0 Å². The number of aromatic hydroxyl groups is 1. The van der Waals surface area contributed by atoms with E-state index in [1.165, 1.54) is 44.5 Å². The van der Waals surface area contributed by atoms with Crippen LogP contribution in [0.2, 0.25) is 0 Å². The first-order valence-corrected chi connectivity index (χ1v) is 12.2. The van der Waals surface area contributed by atoms with Crippen LogP contribution in [0.4, 0.5) is 4.39 Å². The van der Waals surface area contributed by atoms with Crippen molar-refractivity contribution < 1.29 is 14.2 Å². The minimum absolute atomic E-state index is 0.220. The highest BCUT2D eigenvalue weighted by Gasteiger charge is 2.13. The van der Waals surface area contributed by atoms with Gasteiger partial charge in [-0.1, -0.05) is 24.6 Å². The van der Waals surface area contributed by atoms with Crippen molar-refractivity contribution in [2.45, 2.75) is 19.3 Å². The monoisotopic (exact) mass is 468 g/mol. The van der Waals surface area contributed by atoms with Crippen molar-refractivity contribution in [3.05, 3.63) is 90.7 Å². The van der Waals surface area contributed by atoms with E-state index in [4.69, 9.17) is 9.72 Å². The Morgan fingerprint density at radius 3 is 2.11 bits per heavy atom. The fourth-order valence-electron chi connectivity index (χ4n) is 4.52. The first-order chi connectivity index (χ1) is 17.2. The zero-order valence-electron chi connectivity index (χ0n) is 19.7.